The van der Waals surface area contributed by atoms with Crippen molar-refractivity contribution in [3.05, 3.63) is 61.8 Å². The molecule has 1 N–H and O–H groups in total. The Morgan fingerprint density at radius 2 is 2.12 bits per heavy atom. The maximum Gasteiger partial charge on any atom is 0.254 e. The minimum Gasteiger partial charge on any atom is -0.310 e. The van der Waals surface area contributed by atoms with Crippen molar-refractivity contribution in [2.45, 2.75) is 38.3 Å². The van der Waals surface area contributed by atoms with Gasteiger partial charge in [0, 0.05) is 36.7 Å². The maximum atomic E-state index is 14.1. The summed E-state index contributed by atoms with van der Waals surface area (Å²) in [4.78, 5) is 21.5. The number of nitrogens with one attached hydrogen (secondary N) is 1. The van der Waals surface area contributed by atoms with Crippen molar-refractivity contribution in [1.82, 2.24) is 14.9 Å². The summed E-state index contributed by atoms with van der Waals surface area (Å²) in [5.41, 5.74) is 1.28. The summed E-state index contributed by atoms with van der Waals surface area (Å²) in [6.45, 7) is 1.06. The molecular formula is C17H16ClF2N3O. The number of H-pyrrole nitrogens is 1. The predicted molar refractivity (Wildman–Crippen MR) is 86.0 cm³/mol. The van der Waals surface area contributed by atoms with Crippen LogP contribution in [0.4, 0.5) is 8.78 Å². The zero-order chi connectivity index (χ0) is 16.8. The van der Waals surface area contributed by atoms with E-state index in [4.69, 9.17) is 11.6 Å². The molecule has 1 aliphatic carbocycles. The van der Waals surface area contributed by atoms with Crippen LogP contribution < -0.4 is 5.56 Å². The Labute approximate surface area is 142 Å². The number of hydrogen-bond acceptors (Lipinski definition) is 3. The van der Waals surface area contributed by atoms with Gasteiger partial charge in [0.25, 0.3) is 5.56 Å². The topological polar surface area (TPSA) is 49.0 Å². The minimum absolute atomic E-state index is 0.0433. The number of benzene rings is 1. The highest BCUT2D eigenvalue weighted by Gasteiger charge is 2.29. The molecular weight excluding hydrogens is 336 g/mol. The zero-order valence-electron chi connectivity index (χ0n) is 12.9. The standard InChI is InChI=1S/C17H16ClF2N3O/c18-12-3-4-13(19)11(15(12)20)7-23-6-5-10-14(8-23)21-16(9-1-2-9)22-17(10)24/h3-4,9H,1-2,5-8H2,(H,21,22,24). The van der Waals surface area contributed by atoms with Gasteiger partial charge in [-0.05, 0) is 31.4 Å². The minimum atomic E-state index is -0.722. The van der Waals surface area contributed by atoms with E-state index in [-0.39, 0.29) is 22.7 Å². The summed E-state index contributed by atoms with van der Waals surface area (Å²) < 4.78 is 28.0. The molecule has 0 spiro atoms. The molecule has 0 atom stereocenters. The SMILES string of the molecule is O=c1[nH]c(C2CC2)nc2c1CCN(Cc1c(F)ccc(Cl)c1F)C2. The normalized spacial score (nSPS) is 17.8. The van der Waals surface area contributed by atoms with Gasteiger partial charge in [-0.15, -0.1) is 0 Å². The molecule has 0 saturated heterocycles. The fourth-order valence-electron chi connectivity index (χ4n) is 3.14. The van der Waals surface area contributed by atoms with Crippen LogP contribution in [-0.2, 0) is 19.5 Å². The van der Waals surface area contributed by atoms with E-state index in [0.29, 0.717) is 31.0 Å². The van der Waals surface area contributed by atoms with Crippen molar-refractivity contribution in [3.63, 3.8) is 0 Å². The molecule has 1 saturated carbocycles. The monoisotopic (exact) mass is 351 g/mol. The molecule has 4 rings (SSSR count). The third-order valence-electron chi connectivity index (χ3n) is 4.66. The number of hydrogen-bond donors (Lipinski definition) is 1. The summed E-state index contributed by atoms with van der Waals surface area (Å²) >= 11 is 5.75. The average molecular weight is 352 g/mol. The van der Waals surface area contributed by atoms with Gasteiger partial charge >= 0.3 is 0 Å². The molecule has 7 heteroatoms. The van der Waals surface area contributed by atoms with Crippen LogP contribution in [-0.4, -0.2) is 21.4 Å². The van der Waals surface area contributed by atoms with Crippen molar-refractivity contribution in [2.75, 3.05) is 6.54 Å². The lowest BCUT2D eigenvalue weighted by atomic mass is 10.0. The molecule has 0 radical (unpaired) electrons. The van der Waals surface area contributed by atoms with Gasteiger partial charge in [0.15, 0.2) is 0 Å². The van der Waals surface area contributed by atoms with Crippen LogP contribution in [0, 0.1) is 11.6 Å². The molecule has 0 amide bonds. The van der Waals surface area contributed by atoms with Gasteiger partial charge in [-0.25, -0.2) is 13.8 Å². The van der Waals surface area contributed by atoms with E-state index in [9.17, 15) is 13.6 Å². The van der Waals surface area contributed by atoms with E-state index >= 15 is 0 Å². The van der Waals surface area contributed by atoms with Crippen molar-refractivity contribution < 1.29 is 8.78 Å². The van der Waals surface area contributed by atoms with Crippen molar-refractivity contribution in [1.29, 1.82) is 0 Å². The summed E-state index contributed by atoms with van der Waals surface area (Å²) in [5.74, 6) is -0.248. The smallest absolute Gasteiger partial charge is 0.254 e. The van der Waals surface area contributed by atoms with Crippen LogP contribution >= 0.6 is 11.6 Å². The van der Waals surface area contributed by atoms with E-state index in [0.717, 1.165) is 24.4 Å². The lowest BCUT2D eigenvalue weighted by Gasteiger charge is -2.28. The first-order valence-electron chi connectivity index (χ1n) is 7.99. The highest BCUT2D eigenvalue weighted by Crippen LogP contribution is 2.38. The van der Waals surface area contributed by atoms with Crippen LogP contribution in [0.15, 0.2) is 16.9 Å². The number of aromatic amines is 1. The van der Waals surface area contributed by atoms with Gasteiger partial charge in [-0.2, -0.15) is 0 Å². The molecule has 0 bridgehead atoms. The Balaban J connectivity index is 1.61. The fraction of sp³-hybridized carbons (Fsp3) is 0.412. The number of aromatic nitrogens is 2. The molecule has 1 aliphatic heterocycles. The number of rotatable bonds is 3. The van der Waals surface area contributed by atoms with E-state index < -0.39 is 11.6 Å². The fourth-order valence-corrected chi connectivity index (χ4v) is 3.31. The molecule has 126 valence electrons. The number of fused-ring (bicyclic) bond motifs is 1. The van der Waals surface area contributed by atoms with Gasteiger partial charge < -0.3 is 4.98 Å². The van der Waals surface area contributed by atoms with E-state index in [1.165, 1.54) is 12.1 Å². The molecule has 1 fully saturated rings. The van der Waals surface area contributed by atoms with Gasteiger partial charge in [-0.1, -0.05) is 11.6 Å². The Bertz CT molecular complexity index is 864. The Morgan fingerprint density at radius 3 is 2.88 bits per heavy atom. The third kappa shape index (κ3) is 2.84. The first-order chi connectivity index (χ1) is 11.5. The summed E-state index contributed by atoms with van der Waals surface area (Å²) in [6.07, 6.45) is 2.61. The van der Waals surface area contributed by atoms with Crippen molar-refractivity contribution in [2.24, 2.45) is 0 Å². The molecule has 24 heavy (non-hydrogen) atoms. The number of nitrogens with zero attached hydrogens (tertiary/aromatic N) is 2. The maximum absolute atomic E-state index is 14.1. The first-order valence-corrected chi connectivity index (χ1v) is 8.37. The van der Waals surface area contributed by atoms with Crippen LogP contribution in [0.25, 0.3) is 0 Å². The predicted octanol–water partition coefficient (Wildman–Crippen LogP) is 3.14. The van der Waals surface area contributed by atoms with E-state index in [2.05, 4.69) is 9.97 Å². The summed E-state index contributed by atoms with van der Waals surface area (Å²) in [5, 5.41) is -0.0885. The molecule has 1 aromatic heterocycles. The van der Waals surface area contributed by atoms with Gasteiger partial charge in [0.2, 0.25) is 0 Å². The van der Waals surface area contributed by atoms with E-state index in [1.807, 2.05) is 4.90 Å². The second-order valence-corrected chi connectivity index (χ2v) is 6.84. The van der Waals surface area contributed by atoms with Crippen LogP contribution in [0.3, 0.4) is 0 Å². The largest absolute Gasteiger partial charge is 0.310 e. The third-order valence-corrected chi connectivity index (χ3v) is 4.95. The lowest BCUT2D eigenvalue weighted by molar-refractivity contribution is 0.233. The van der Waals surface area contributed by atoms with E-state index in [1.54, 1.807) is 0 Å². The highest BCUT2D eigenvalue weighted by molar-refractivity contribution is 6.30. The summed E-state index contributed by atoms with van der Waals surface area (Å²) in [6, 6.07) is 2.39. The molecule has 2 aromatic rings. The van der Waals surface area contributed by atoms with Crippen molar-refractivity contribution >= 4 is 11.6 Å². The Morgan fingerprint density at radius 1 is 1.33 bits per heavy atom. The Hall–Kier alpha value is -1.79. The van der Waals surface area contributed by atoms with Gasteiger partial charge in [0.1, 0.15) is 17.5 Å². The molecule has 2 heterocycles. The molecule has 4 nitrogen and oxygen atoms in total. The van der Waals surface area contributed by atoms with Crippen LogP contribution in [0.2, 0.25) is 5.02 Å². The number of halogens is 3. The Kier molecular flexibility index (Phi) is 3.89. The quantitative estimate of drug-likeness (QED) is 0.864. The second kappa shape index (κ2) is 5.93. The van der Waals surface area contributed by atoms with Crippen LogP contribution in [0.5, 0.6) is 0 Å². The average Bonchev–Trinajstić information content (AvgIpc) is 3.40. The van der Waals surface area contributed by atoms with Crippen LogP contribution in [0.1, 0.15) is 41.4 Å². The first kappa shape index (κ1) is 15.7. The zero-order valence-corrected chi connectivity index (χ0v) is 13.7. The lowest BCUT2D eigenvalue weighted by Crippen LogP contribution is -2.35. The highest BCUT2D eigenvalue weighted by atomic mass is 35.5. The van der Waals surface area contributed by atoms with Crippen molar-refractivity contribution in [3.8, 4) is 0 Å². The summed E-state index contributed by atoms with van der Waals surface area (Å²) in [7, 11) is 0. The van der Waals surface area contributed by atoms with Gasteiger partial charge in [0.05, 0.1) is 10.7 Å². The second-order valence-electron chi connectivity index (χ2n) is 6.43. The molecule has 0 unspecified atom stereocenters. The molecule has 1 aromatic carbocycles. The van der Waals surface area contributed by atoms with Gasteiger partial charge in [-0.3, -0.25) is 9.69 Å². The molecule has 2 aliphatic rings.